The number of thioether (sulfide) groups is 1. The Balaban J connectivity index is 1.49. The van der Waals surface area contributed by atoms with Crippen molar-refractivity contribution >= 4 is 35.1 Å². The molecule has 0 spiro atoms. The first-order chi connectivity index (χ1) is 19.3. The van der Waals surface area contributed by atoms with Crippen molar-refractivity contribution in [2.24, 2.45) is 0 Å². The van der Waals surface area contributed by atoms with E-state index in [9.17, 15) is 22.8 Å². The number of benzene rings is 3. The number of allylic oxidation sites excluding steroid dienone is 1. The molecule has 0 aliphatic carbocycles. The molecule has 1 fully saturated rings. The van der Waals surface area contributed by atoms with Crippen LogP contribution >= 0.6 is 11.8 Å². The van der Waals surface area contributed by atoms with Gasteiger partial charge in [-0.15, -0.1) is 11.8 Å². The number of nitrogens with one attached hydrogen (secondary N) is 2. The summed E-state index contributed by atoms with van der Waals surface area (Å²) in [6.45, 7) is 5.23. The molecule has 1 heterocycles. The number of urea groups is 1. The van der Waals surface area contributed by atoms with Gasteiger partial charge in [0.25, 0.3) is 5.91 Å². The summed E-state index contributed by atoms with van der Waals surface area (Å²) >= 11 is 1.40. The second-order valence-electron chi connectivity index (χ2n) is 8.96. The van der Waals surface area contributed by atoms with E-state index in [1.807, 2.05) is 53.4 Å². The fraction of sp³-hybridized carbons (Fsp3) is 0.200. The van der Waals surface area contributed by atoms with Crippen LogP contribution in [0, 0.1) is 0 Å². The molecule has 1 aliphatic rings. The number of halogens is 3. The number of nitrogens with zero attached hydrogens (tertiary/aromatic N) is 2. The topological polar surface area (TPSA) is 64.7 Å². The van der Waals surface area contributed by atoms with Crippen LogP contribution in [0.15, 0.2) is 108 Å². The van der Waals surface area contributed by atoms with Crippen LogP contribution in [0.2, 0.25) is 0 Å². The van der Waals surface area contributed by atoms with Gasteiger partial charge in [0, 0.05) is 37.6 Å². The van der Waals surface area contributed by atoms with Crippen molar-refractivity contribution in [1.82, 2.24) is 9.80 Å². The second kappa shape index (κ2) is 13.3. The summed E-state index contributed by atoms with van der Waals surface area (Å²) in [5, 5.41) is 5.35. The van der Waals surface area contributed by atoms with E-state index in [1.165, 1.54) is 34.9 Å². The van der Waals surface area contributed by atoms with E-state index >= 15 is 0 Å². The maximum Gasteiger partial charge on any atom is 0.418 e. The molecular formula is C30H29F3N4O2S. The lowest BCUT2D eigenvalue weighted by Gasteiger charge is -2.37. The maximum absolute atomic E-state index is 13.4. The van der Waals surface area contributed by atoms with E-state index in [0.29, 0.717) is 35.1 Å². The highest BCUT2D eigenvalue weighted by atomic mass is 32.2. The second-order valence-corrected chi connectivity index (χ2v) is 9.95. The number of carbonyl (C=O) groups excluding carboxylic acids is 2. The first-order valence-corrected chi connectivity index (χ1v) is 13.6. The van der Waals surface area contributed by atoms with E-state index in [1.54, 1.807) is 18.2 Å². The zero-order chi connectivity index (χ0) is 28.5. The number of piperazine rings is 1. The molecule has 0 atom stereocenters. The van der Waals surface area contributed by atoms with Crippen LogP contribution in [-0.4, -0.2) is 47.9 Å². The van der Waals surface area contributed by atoms with Gasteiger partial charge in [-0.05, 0) is 35.9 Å². The quantitative estimate of drug-likeness (QED) is 0.232. The first-order valence-electron chi connectivity index (χ1n) is 12.6. The largest absolute Gasteiger partial charge is 0.418 e. The molecule has 1 saturated heterocycles. The van der Waals surface area contributed by atoms with Gasteiger partial charge in [0.15, 0.2) is 0 Å². The molecule has 6 nitrogen and oxygen atoms in total. The Morgan fingerprint density at radius 1 is 0.825 bits per heavy atom. The zero-order valence-corrected chi connectivity index (χ0v) is 22.5. The summed E-state index contributed by atoms with van der Waals surface area (Å²) in [6.07, 6.45) is -2.95. The Hall–Kier alpha value is -4.18. The van der Waals surface area contributed by atoms with Gasteiger partial charge in [0.05, 0.1) is 21.9 Å². The average molecular weight is 567 g/mol. The molecule has 1 aliphatic heterocycles. The van der Waals surface area contributed by atoms with Crippen LogP contribution in [0.1, 0.15) is 11.1 Å². The van der Waals surface area contributed by atoms with Crippen LogP contribution in [0.3, 0.4) is 0 Å². The van der Waals surface area contributed by atoms with E-state index in [4.69, 9.17) is 0 Å². The third-order valence-electron chi connectivity index (χ3n) is 6.27. The van der Waals surface area contributed by atoms with E-state index < -0.39 is 17.8 Å². The number of para-hydroxylation sites is 2. The van der Waals surface area contributed by atoms with Crippen molar-refractivity contribution in [2.45, 2.75) is 11.9 Å². The van der Waals surface area contributed by atoms with Gasteiger partial charge in [0.2, 0.25) is 0 Å². The molecule has 0 radical (unpaired) electrons. The minimum atomic E-state index is -4.58. The Labute approximate surface area is 235 Å². The van der Waals surface area contributed by atoms with Crippen molar-refractivity contribution in [2.75, 3.05) is 36.8 Å². The summed E-state index contributed by atoms with van der Waals surface area (Å²) in [5.74, 6) is 0.294. The first kappa shape index (κ1) is 28.8. The number of hydrogen-bond donors (Lipinski definition) is 2. The van der Waals surface area contributed by atoms with E-state index in [-0.39, 0.29) is 24.7 Å². The lowest BCUT2D eigenvalue weighted by molar-refractivity contribution is -0.136. The SMILES string of the molecule is C=C/C(=C(/SCc1ccccc1)C(=O)Nc1ccccc1)N1CCN(C(=O)Nc2ccccc2C(F)(F)F)CC1. The Bertz CT molecular complexity index is 1360. The third kappa shape index (κ3) is 7.47. The van der Waals surface area contributed by atoms with Gasteiger partial charge < -0.3 is 20.4 Å². The summed E-state index contributed by atoms with van der Waals surface area (Å²) in [5.41, 5.74) is 1.17. The lowest BCUT2D eigenvalue weighted by Crippen LogP contribution is -2.49. The molecule has 40 heavy (non-hydrogen) atoms. The van der Waals surface area contributed by atoms with Crippen LogP contribution in [-0.2, 0) is 16.7 Å². The number of alkyl halides is 3. The predicted octanol–water partition coefficient (Wildman–Crippen LogP) is 6.82. The smallest absolute Gasteiger partial charge is 0.367 e. The average Bonchev–Trinajstić information content (AvgIpc) is 2.96. The van der Waals surface area contributed by atoms with Crippen molar-refractivity contribution in [3.8, 4) is 0 Å². The Kier molecular flexibility index (Phi) is 9.55. The number of anilines is 2. The molecule has 3 aromatic carbocycles. The maximum atomic E-state index is 13.4. The molecule has 3 amide bonds. The number of hydrogen-bond acceptors (Lipinski definition) is 4. The molecule has 0 saturated carbocycles. The lowest BCUT2D eigenvalue weighted by atomic mass is 10.1. The minimum absolute atomic E-state index is 0.258. The summed E-state index contributed by atoms with van der Waals surface area (Å²) in [4.78, 5) is 30.2. The van der Waals surface area contributed by atoms with Crippen LogP contribution in [0.4, 0.5) is 29.3 Å². The highest BCUT2D eigenvalue weighted by Gasteiger charge is 2.34. The minimum Gasteiger partial charge on any atom is -0.367 e. The predicted molar refractivity (Wildman–Crippen MR) is 154 cm³/mol. The van der Waals surface area contributed by atoms with Crippen molar-refractivity contribution in [3.63, 3.8) is 0 Å². The van der Waals surface area contributed by atoms with Gasteiger partial charge in [-0.1, -0.05) is 67.2 Å². The molecule has 2 N–H and O–H groups in total. The van der Waals surface area contributed by atoms with E-state index in [0.717, 1.165) is 11.6 Å². The van der Waals surface area contributed by atoms with Crippen LogP contribution in [0.5, 0.6) is 0 Å². The van der Waals surface area contributed by atoms with E-state index in [2.05, 4.69) is 17.2 Å². The molecule has 208 valence electrons. The van der Waals surface area contributed by atoms with Gasteiger partial charge in [0.1, 0.15) is 0 Å². The van der Waals surface area contributed by atoms with Gasteiger partial charge >= 0.3 is 12.2 Å². The van der Waals surface area contributed by atoms with Gasteiger partial charge in [-0.3, -0.25) is 4.79 Å². The number of rotatable bonds is 8. The number of carbonyl (C=O) groups is 2. The van der Waals surface area contributed by atoms with Crippen molar-refractivity contribution in [1.29, 1.82) is 0 Å². The number of amides is 3. The van der Waals surface area contributed by atoms with Crippen molar-refractivity contribution in [3.05, 3.63) is 119 Å². The highest BCUT2D eigenvalue weighted by Crippen LogP contribution is 2.35. The molecule has 0 aromatic heterocycles. The molecule has 0 bridgehead atoms. The van der Waals surface area contributed by atoms with Crippen LogP contribution in [0.25, 0.3) is 0 Å². The molecular weight excluding hydrogens is 537 g/mol. The standard InChI is InChI=1S/C30H29F3N4O2S/c1-2-26(27(40-21-22-11-5-3-6-12-22)28(38)34-23-13-7-4-8-14-23)36-17-19-37(20-18-36)29(39)35-25-16-10-9-15-24(25)30(31,32)33/h2-16H,1,17-21H2,(H,34,38)(H,35,39)/b27-26-. The van der Waals surface area contributed by atoms with Crippen LogP contribution < -0.4 is 10.6 Å². The Morgan fingerprint density at radius 3 is 2.02 bits per heavy atom. The fourth-order valence-corrected chi connectivity index (χ4v) is 5.29. The monoisotopic (exact) mass is 566 g/mol. The summed E-state index contributed by atoms with van der Waals surface area (Å²) in [6, 6.07) is 23.2. The molecule has 10 heteroatoms. The van der Waals surface area contributed by atoms with Gasteiger partial charge in [-0.2, -0.15) is 13.2 Å². The Morgan fingerprint density at radius 2 is 1.40 bits per heavy atom. The zero-order valence-electron chi connectivity index (χ0n) is 21.7. The third-order valence-corrected chi connectivity index (χ3v) is 7.43. The molecule has 3 aromatic rings. The molecule has 0 unspecified atom stereocenters. The van der Waals surface area contributed by atoms with Gasteiger partial charge in [-0.25, -0.2) is 4.79 Å². The summed E-state index contributed by atoms with van der Waals surface area (Å²) in [7, 11) is 0. The molecule has 4 rings (SSSR count). The summed E-state index contributed by atoms with van der Waals surface area (Å²) < 4.78 is 40.0. The fourth-order valence-electron chi connectivity index (χ4n) is 4.24. The highest BCUT2D eigenvalue weighted by molar-refractivity contribution is 8.03. The van der Waals surface area contributed by atoms with Crippen molar-refractivity contribution < 1.29 is 22.8 Å². The normalized spacial score (nSPS) is 14.3.